The topological polar surface area (TPSA) is 509 Å². The van der Waals surface area contributed by atoms with Crippen LogP contribution in [0.3, 0.4) is 0 Å². The molecule has 17 N–H and O–H groups in total. The zero-order valence-corrected chi connectivity index (χ0v) is 56.9. The summed E-state index contributed by atoms with van der Waals surface area (Å²) in [6, 6.07) is 2.56. The van der Waals surface area contributed by atoms with Gasteiger partial charge in [0.15, 0.2) is 6.23 Å². The quantitative estimate of drug-likeness (QED) is 0.0577. The monoisotopic (exact) mass is 1370 g/mol. The first-order valence-electron chi connectivity index (χ1n) is 31.0. The third-order valence-corrected chi connectivity index (χ3v) is 23.0. The SMILES string of the molecule is C/C1=C2N=C(/C=C3N=C(/C(C)=C4/[C@@H](CCC(N)=O)[C@](C)(CC(N)=O)[C@](C)([C@@H]5N=C1[C@](C)(CCC(=O)NCC(C)OP(=O)([O-])O[C@H]1[C@@H](O)[C@@H](n6cnc7cc(C)c(C)cc76)O[C@@H]1CO)[C@H]5CC(N)=O)[N]4[Co+][C]#N)[C@@](C)(CC(N)=O)[C@@H]\3CCC(N)=O)C(C)(C)[C@@H]/2CCC(N)=O.O. The van der Waals surface area contributed by atoms with E-state index < -0.39 is 143 Å². The van der Waals surface area contributed by atoms with Crippen LogP contribution in [0.5, 0.6) is 0 Å². The summed E-state index contributed by atoms with van der Waals surface area (Å²) in [5.41, 5.74) is 36.3. The van der Waals surface area contributed by atoms with E-state index in [0.717, 1.165) is 11.1 Å². The first kappa shape index (κ1) is 74.4. The Morgan fingerprint density at radius 3 is 1.99 bits per heavy atom. The van der Waals surface area contributed by atoms with Crippen molar-refractivity contribution in [2.24, 2.45) is 94.7 Å². The minimum absolute atomic E-state index is 0. The molecule has 0 saturated carbocycles. The molecule has 1 aromatic carbocycles. The fourth-order valence-electron chi connectivity index (χ4n) is 15.7. The van der Waals surface area contributed by atoms with Crippen molar-refractivity contribution in [3.8, 4) is 5.00 Å². The van der Waals surface area contributed by atoms with E-state index >= 15 is 0 Å². The number of phosphoric ester groups is 1. The van der Waals surface area contributed by atoms with Crippen molar-refractivity contribution >= 4 is 77.3 Å². The summed E-state index contributed by atoms with van der Waals surface area (Å²) < 4.78 is 33.7. The number of aromatic nitrogens is 2. The normalized spacial score (nSPS) is 33.2. The number of rotatable bonds is 27. The van der Waals surface area contributed by atoms with E-state index in [1.807, 2.05) is 53.7 Å². The van der Waals surface area contributed by atoms with Crippen molar-refractivity contribution in [2.45, 2.75) is 189 Å². The average Bonchev–Trinajstić information content (AvgIpc) is 1.51. The standard InChI is InChI=1S/C62H90N13O14P.CN.Co.H2O/c1-29-20-39-40(21-30(29)2)75(28-70-39)57-52(84)53(41(27-76)87-57)89-90(85,86)88-31(3)26-69-49(83)18-19-59(8)37(22-46(66)80)56-62(11)61(10,25-48(68)82)36(14-17-45(65)79)51(74-62)33(5)55-60(9,24-47(67)81)34(12-15-43(63)77)38(71-55)23-42-58(6,7)35(13-16-44(64)78)50(72-42)32(4)54(59)73-56;1-2;;/h20-21,23,28,31,34-37,41,52-53,56-57,76,84H,12-19,22,24-27H2,1-11H3,(H15,63,64,65,66,67,68,69,71,72,73,74,77,78,79,80,81,82,83,85,86);;;1H2/q;;+2;/p-2/t31?,34-,35-,36-,37+,41-,52-,53-,56-,57+,59-,60+,61+,62+;;;/m1.../s1. The van der Waals surface area contributed by atoms with Crippen LogP contribution >= 0.6 is 7.82 Å². The van der Waals surface area contributed by atoms with Crippen molar-refractivity contribution in [3.05, 3.63) is 63.9 Å². The molecule has 94 heavy (non-hydrogen) atoms. The van der Waals surface area contributed by atoms with Crippen LogP contribution in [0.15, 0.2) is 67.8 Å². The fraction of sp³-hybridized carbons (Fsp3) is 0.619. The van der Waals surface area contributed by atoms with Gasteiger partial charge in [-0.3, -0.25) is 4.57 Å². The third-order valence-electron chi connectivity index (χ3n) is 20.8. The molecule has 0 aliphatic carbocycles. The number of amides is 7. The molecular formula is C63H90CoN14O15P. The Balaban J connectivity index is 0.0000125. The second-order valence-electron chi connectivity index (χ2n) is 27.3. The first-order valence-corrected chi connectivity index (χ1v) is 33.5. The molecule has 6 aliphatic rings. The molecule has 0 radical (unpaired) electrons. The smallest absolute Gasteiger partial charge is 0.412 e. The number of benzene rings is 1. The van der Waals surface area contributed by atoms with Crippen LogP contribution in [0.4, 0.5) is 0 Å². The predicted octanol–water partition coefficient (Wildman–Crippen LogP) is 1.90. The number of aliphatic hydroxyl groups excluding tert-OH is 2. The molecule has 7 amide bonds. The van der Waals surface area contributed by atoms with Crippen molar-refractivity contribution < 1.29 is 87.4 Å². The van der Waals surface area contributed by atoms with Crippen LogP contribution < -0.4 is 44.6 Å². The Morgan fingerprint density at radius 2 is 1.41 bits per heavy atom. The number of nitrogens with zero attached hydrogens (tertiary/aromatic N) is 7. The zero-order valence-electron chi connectivity index (χ0n) is 54.9. The Bertz CT molecular complexity index is 3710. The molecule has 1 aromatic heterocycles. The molecule has 0 spiro atoms. The summed E-state index contributed by atoms with van der Waals surface area (Å²) in [6.45, 7) is 18.8. The summed E-state index contributed by atoms with van der Waals surface area (Å²) in [6.07, 6.45) is -5.38. The molecular weight excluding hydrogens is 1280 g/mol. The van der Waals surface area contributed by atoms with Crippen LogP contribution in [0, 0.1) is 69.4 Å². The van der Waals surface area contributed by atoms with Gasteiger partial charge in [-0.25, -0.2) is 4.98 Å². The molecule has 15 atom stereocenters. The van der Waals surface area contributed by atoms with Crippen molar-refractivity contribution in [1.82, 2.24) is 18.8 Å². The first-order chi connectivity index (χ1) is 43.3. The number of nitriles is 1. The van der Waals surface area contributed by atoms with E-state index in [4.69, 9.17) is 63.2 Å². The molecule has 516 valence electrons. The molecule has 2 unspecified atom stereocenters. The molecule has 29 nitrogen and oxygen atoms in total. The minimum atomic E-state index is -5.35. The van der Waals surface area contributed by atoms with Crippen molar-refractivity contribution in [1.29, 1.82) is 5.26 Å². The summed E-state index contributed by atoms with van der Waals surface area (Å²) in [5.74, 6) is -7.88. The predicted molar refractivity (Wildman–Crippen MR) is 339 cm³/mol. The average molecular weight is 1370 g/mol. The van der Waals surface area contributed by atoms with Gasteiger partial charge in [0.2, 0.25) is 0 Å². The molecule has 8 rings (SSSR count). The van der Waals surface area contributed by atoms with Gasteiger partial charge in [-0.15, -0.1) is 0 Å². The summed E-state index contributed by atoms with van der Waals surface area (Å²) >= 11 is 0.0230. The Labute approximate surface area is 552 Å². The number of hydrogen-bond donors (Lipinski definition) is 9. The number of imidazole rings is 1. The Morgan fingerprint density at radius 1 is 0.819 bits per heavy atom. The van der Waals surface area contributed by atoms with Gasteiger partial charge in [0.1, 0.15) is 18.3 Å². The number of nitrogens with one attached hydrogen (secondary N) is 1. The van der Waals surface area contributed by atoms with Gasteiger partial charge < -0.3 is 34.4 Å². The second kappa shape index (κ2) is 28.0. The molecule has 6 aliphatic heterocycles. The number of allylic oxidation sites excluding steroid dienone is 6. The van der Waals surface area contributed by atoms with Gasteiger partial charge in [0.05, 0.1) is 24.0 Å². The van der Waals surface area contributed by atoms with Gasteiger partial charge in [0, 0.05) is 0 Å². The van der Waals surface area contributed by atoms with Crippen LogP contribution in [0.1, 0.15) is 150 Å². The van der Waals surface area contributed by atoms with E-state index in [-0.39, 0.29) is 97.6 Å². The number of phosphoric acid groups is 1. The molecule has 31 heteroatoms. The molecule has 2 saturated heterocycles. The summed E-state index contributed by atoms with van der Waals surface area (Å²) in [7, 11) is -5.35. The third kappa shape index (κ3) is 13.8. The van der Waals surface area contributed by atoms with Gasteiger partial charge in [0.25, 0.3) is 7.82 Å². The number of carbonyl (C=O) groups is 7. The maximum absolute atomic E-state index is 14.5. The molecule has 2 fully saturated rings. The van der Waals surface area contributed by atoms with E-state index in [9.17, 15) is 58.5 Å². The number of nitrogens with two attached hydrogens (primary N) is 6. The van der Waals surface area contributed by atoms with Crippen molar-refractivity contribution in [2.75, 3.05) is 13.2 Å². The summed E-state index contributed by atoms with van der Waals surface area (Å²) in [5, 5.41) is 37.9. The number of aliphatic imine (C=N–C) groups is 3. The van der Waals surface area contributed by atoms with E-state index in [2.05, 4.69) is 15.3 Å². The molecule has 8 bridgehead atoms. The zero-order chi connectivity index (χ0) is 69.0. The maximum atomic E-state index is 14.5. The number of fused-ring (bicyclic) bond motifs is 7. The van der Waals surface area contributed by atoms with Gasteiger partial charge in [-0.05, 0) is 37.1 Å². The summed E-state index contributed by atoms with van der Waals surface area (Å²) in [4.78, 5) is 129. The van der Waals surface area contributed by atoms with Crippen LogP contribution in [0.2, 0.25) is 0 Å². The van der Waals surface area contributed by atoms with Crippen LogP contribution in [-0.2, 0) is 66.8 Å². The number of aryl methyl sites for hydroxylation is 2. The molecule has 7 heterocycles. The van der Waals surface area contributed by atoms with E-state index in [1.54, 1.807) is 37.7 Å². The number of carbonyl (C=O) groups excluding carboxylic acids is 7. The van der Waals surface area contributed by atoms with Crippen LogP contribution in [-0.4, -0.2) is 137 Å². The van der Waals surface area contributed by atoms with E-state index in [1.165, 1.54) is 17.8 Å². The number of hydrogen-bond acceptors (Lipinski definition) is 20. The van der Waals surface area contributed by atoms with Gasteiger partial charge >= 0.3 is 417 Å². The molecule has 2 aromatic rings. The Hall–Kier alpha value is -7.04. The Kier molecular flexibility index (Phi) is 22.1. The number of primary amides is 6. The number of aliphatic hydroxyl groups is 2. The number of ether oxygens (including phenoxy) is 1. The van der Waals surface area contributed by atoms with Crippen molar-refractivity contribution in [3.63, 3.8) is 0 Å². The minimum Gasteiger partial charge on any atom is -0.412 e. The van der Waals surface area contributed by atoms with E-state index in [0.29, 0.717) is 56.4 Å². The fourth-order valence-corrected chi connectivity index (χ4v) is 18.0. The van der Waals surface area contributed by atoms with Gasteiger partial charge in [-0.2, -0.15) is 0 Å². The van der Waals surface area contributed by atoms with Gasteiger partial charge in [-0.1, -0.05) is 0 Å². The second-order valence-corrected chi connectivity index (χ2v) is 29.5. The van der Waals surface area contributed by atoms with Crippen LogP contribution in [0.25, 0.3) is 11.0 Å².